The van der Waals surface area contributed by atoms with Crippen molar-refractivity contribution in [2.75, 3.05) is 19.5 Å². The first kappa shape index (κ1) is 9.06. The highest BCUT2D eigenvalue weighted by molar-refractivity contribution is 5.30. The summed E-state index contributed by atoms with van der Waals surface area (Å²) in [4.78, 5) is 0. The summed E-state index contributed by atoms with van der Waals surface area (Å²) in [5.41, 5.74) is 6.66. The summed E-state index contributed by atoms with van der Waals surface area (Å²) in [5.74, 6) is 0.692. The summed E-state index contributed by atoms with van der Waals surface area (Å²) in [7, 11) is 1.67. The standard InChI is InChI=1S/C8H15N3O/c1-6-4-8(9)11(10-6)7(2)5-12-3/h4,7H,5,9H2,1-3H3. The Hall–Kier alpha value is -1.03. The van der Waals surface area contributed by atoms with E-state index in [4.69, 9.17) is 10.5 Å². The van der Waals surface area contributed by atoms with Crippen LogP contribution in [0.1, 0.15) is 18.7 Å². The molecule has 0 spiro atoms. The molecule has 1 aromatic heterocycles. The van der Waals surface area contributed by atoms with Gasteiger partial charge < -0.3 is 10.5 Å². The number of aromatic nitrogens is 2. The van der Waals surface area contributed by atoms with Gasteiger partial charge in [0.25, 0.3) is 0 Å². The van der Waals surface area contributed by atoms with Crippen LogP contribution in [0.5, 0.6) is 0 Å². The maximum absolute atomic E-state index is 5.72. The third-order valence-electron chi connectivity index (χ3n) is 1.71. The Morgan fingerprint density at radius 1 is 1.75 bits per heavy atom. The molecule has 0 aliphatic heterocycles. The van der Waals surface area contributed by atoms with Gasteiger partial charge in [0.2, 0.25) is 0 Å². The second-order valence-electron chi connectivity index (χ2n) is 2.96. The first-order chi connectivity index (χ1) is 5.65. The molecule has 4 heteroatoms. The molecule has 1 rings (SSSR count). The van der Waals surface area contributed by atoms with Crippen molar-refractivity contribution in [1.82, 2.24) is 9.78 Å². The molecule has 68 valence electrons. The summed E-state index contributed by atoms with van der Waals surface area (Å²) >= 11 is 0. The molecule has 2 N–H and O–H groups in total. The van der Waals surface area contributed by atoms with Gasteiger partial charge in [-0.1, -0.05) is 0 Å². The van der Waals surface area contributed by atoms with Crippen LogP contribution < -0.4 is 5.73 Å². The molecule has 1 heterocycles. The van der Waals surface area contributed by atoms with Crippen LogP contribution in [0.3, 0.4) is 0 Å². The van der Waals surface area contributed by atoms with Crippen molar-refractivity contribution in [3.05, 3.63) is 11.8 Å². The highest BCUT2D eigenvalue weighted by atomic mass is 16.5. The van der Waals surface area contributed by atoms with Crippen molar-refractivity contribution in [2.45, 2.75) is 19.9 Å². The lowest BCUT2D eigenvalue weighted by Crippen LogP contribution is -2.14. The fraction of sp³-hybridized carbons (Fsp3) is 0.625. The Balaban J connectivity index is 2.79. The number of nitrogens with two attached hydrogens (primary N) is 1. The lowest BCUT2D eigenvalue weighted by Gasteiger charge is -2.11. The molecule has 12 heavy (non-hydrogen) atoms. The van der Waals surface area contributed by atoms with Crippen molar-refractivity contribution >= 4 is 5.82 Å². The second-order valence-corrected chi connectivity index (χ2v) is 2.96. The van der Waals surface area contributed by atoms with E-state index >= 15 is 0 Å². The van der Waals surface area contributed by atoms with Gasteiger partial charge in [-0.15, -0.1) is 0 Å². The molecule has 0 amide bonds. The van der Waals surface area contributed by atoms with Crippen LogP contribution in [0.25, 0.3) is 0 Å². The molecule has 0 bridgehead atoms. The van der Waals surface area contributed by atoms with E-state index in [0.717, 1.165) is 5.69 Å². The molecule has 4 nitrogen and oxygen atoms in total. The number of anilines is 1. The number of nitrogen functional groups attached to an aromatic ring is 1. The number of nitrogens with zero attached hydrogens (tertiary/aromatic N) is 2. The highest BCUT2D eigenvalue weighted by Crippen LogP contribution is 2.12. The van der Waals surface area contributed by atoms with Crippen LogP contribution in [-0.2, 0) is 4.74 Å². The van der Waals surface area contributed by atoms with E-state index in [0.29, 0.717) is 12.4 Å². The maximum Gasteiger partial charge on any atom is 0.122 e. The van der Waals surface area contributed by atoms with Crippen molar-refractivity contribution in [2.24, 2.45) is 0 Å². The molecule has 0 saturated heterocycles. The first-order valence-electron chi connectivity index (χ1n) is 3.95. The Labute approximate surface area is 72.3 Å². The SMILES string of the molecule is COCC(C)n1nc(C)cc1N. The molecule has 0 aliphatic carbocycles. The molecular formula is C8H15N3O. The van der Waals surface area contributed by atoms with Crippen LogP contribution in [0.15, 0.2) is 6.07 Å². The minimum atomic E-state index is 0.198. The zero-order valence-electron chi connectivity index (χ0n) is 7.74. The molecule has 1 aromatic rings. The average molecular weight is 169 g/mol. The molecule has 0 radical (unpaired) electrons. The van der Waals surface area contributed by atoms with Gasteiger partial charge in [0, 0.05) is 13.2 Å². The fourth-order valence-corrected chi connectivity index (χ4v) is 1.20. The van der Waals surface area contributed by atoms with E-state index in [1.165, 1.54) is 0 Å². The maximum atomic E-state index is 5.72. The van der Waals surface area contributed by atoms with Crippen molar-refractivity contribution in [3.63, 3.8) is 0 Å². The zero-order chi connectivity index (χ0) is 9.14. The predicted octanol–water partition coefficient (Wildman–Crippen LogP) is 0.981. The molecule has 1 unspecified atom stereocenters. The first-order valence-corrected chi connectivity index (χ1v) is 3.95. The van der Waals surface area contributed by atoms with Gasteiger partial charge in [-0.3, -0.25) is 0 Å². The fourth-order valence-electron chi connectivity index (χ4n) is 1.20. The van der Waals surface area contributed by atoms with Gasteiger partial charge in [0.15, 0.2) is 0 Å². The minimum absolute atomic E-state index is 0.198. The van der Waals surface area contributed by atoms with E-state index in [-0.39, 0.29) is 6.04 Å². The van der Waals surface area contributed by atoms with Crippen LogP contribution in [0, 0.1) is 6.92 Å². The van der Waals surface area contributed by atoms with E-state index in [1.807, 2.05) is 19.9 Å². The van der Waals surface area contributed by atoms with Gasteiger partial charge in [-0.05, 0) is 13.8 Å². The van der Waals surface area contributed by atoms with Gasteiger partial charge in [-0.25, -0.2) is 4.68 Å². The number of hydrogen-bond donors (Lipinski definition) is 1. The molecule has 1 atom stereocenters. The number of methoxy groups -OCH3 is 1. The lowest BCUT2D eigenvalue weighted by atomic mass is 10.4. The third kappa shape index (κ3) is 1.76. The Kier molecular flexibility index (Phi) is 2.70. The largest absolute Gasteiger partial charge is 0.384 e. The molecule has 0 saturated carbocycles. The molecule has 0 fully saturated rings. The van der Waals surface area contributed by atoms with Gasteiger partial charge in [-0.2, -0.15) is 5.10 Å². The Bertz CT molecular complexity index is 257. The summed E-state index contributed by atoms with van der Waals surface area (Å²) in [5, 5.41) is 4.24. The number of hydrogen-bond acceptors (Lipinski definition) is 3. The molecular weight excluding hydrogens is 154 g/mol. The van der Waals surface area contributed by atoms with Crippen LogP contribution in [0.2, 0.25) is 0 Å². The second kappa shape index (κ2) is 3.58. The van der Waals surface area contributed by atoms with Crippen molar-refractivity contribution in [1.29, 1.82) is 0 Å². The Morgan fingerprint density at radius 2 is 2.42 bits per heavy atom. The van der Waals surface area contributed by atoms with Crippen LogP contribution in [0.4, 0.5) is 5.82 Å². The van der Waals surface area contributed by atoms with Crippen LogP contribution >= 0.6 is 0 Å². The van der Waals surface area contributed by atoms with E-state index in [1.54, 1.807) is 11.8 Å². The normalized spacial score (nSPS) is 13.2. The summed E-state index contributed by atoms with van der Waals surface area (Å²) in [6.45, 7) is 4.57. The van der Waals surface area contributed by atoms with Crippen molar-refractivity contribution < 1.29 is 4.74 Å². The Morgan fingerprint density at radius 3 is 2.83 bits per heavy atom. The van der Waals surface area contributed by atoms with Crippen molar-refractivity contribution in [3.8, 4) is 0 Å². The van der Waals surface area contributed by atoms with Gasteiger partial charge in [0.1, 0.15) is 5.82 Å². The van der Waals surface area contributed by atoms with E-state index < -0.39 is 0 Å². The summed E-state index contributed by atoms with van der Waals surface area (Å²) in [6.07, 6.45) is 0. The van der Waals surface area contributed by atoms with E-state index in [2.05, 4.69) is 5.10 Å². The topological polar surface area (TPSA) is 53.1 Å². The minimum Gasteiger partial charge on any atom is -0.384 e. The third-order valence-corrected chi connectivity index (χ3v) is 1.71. The lowest BCUT2D eigenvalue weighted by molar-refractivity contribution is 0.158. The summed E-state index contributed by atoms with van der Waals surface area (Å²) < 4.78 is 6.78. The predicted molar refractivity (Wildman–Crippen MR) is 48.0 cm³/mol. The highest BCUT2D eigenvalue weighted by Gasteiger charge is 2.08. The molecule has 0 aromatic carbocycles. The summed E-state index contributed by atoms with van der Waals surface area (Å²) in [6, 6.07) is 2.05. The molecule has 0 aliphatic rings. The van der Waals surface area contributed by atoms with Gasteiger partial charge >= 0.3 is 0 Å². The van der Waals surface area contributed by atoms with Crippen LogP contribution in [-0.4, -0.2) is 23.5 Å². The quantitative estimate of drug-likeness (QED) is 0.733. The van der Waals surface area contributed by atoms with E-state index in [9.17, 15) is 0 Å². The average Bonchev–Trinajstić information content (AvgIpc) is 2.30. The monoisotopic (exact) mass is 169 g/mol. The number of aryl methyl sites for hydroxylation is 1. The zero-order valence-corrected chi connectivity index (χ0v) is 7.74. The number of ether oxygens (including phenoxy) is 1. The smallest absolute Gasteiger partial charge is 0.122 e. The number of rotatable bonds is 3. The van der Waals surface area contributed by atoms with Gasteiger partial charge in [0.05, 0.1) is 18.3 Å².